The van der Waals surface area contributed by atoms with Crippen LogP contribution in [0.2, 0.25) is 0 Å². The van der Waals surface area contributed by atoms with Gasteiger partial charge in [0.25, 0.3) is 0 Å². The number of nitrogens with one attached hydrogen (secondary N) is 3. The number of carboxylic acids is 3. The molecule has 0 aliphatic carbocycles. The van der Waals surface area contributed by atoms with Gasteiger partial charge in [0, 0.05) is 18.6 Å². The SMILES string of the molecule is COc1ccc(C2(C(=O)[O-])NC=C(C)N=C2C)cc1.COc1ccc(C2(C(=O)[O-])NC=C(C)N=C2C)cc1.COc1ccc(C2(C(=O)[O-])NC=C(C)N=C2C)cc1.[Ir+3]. The third-order valence-corrected chi connectivity index (χ3v) is 9.64. The van der Waals surface area contributed by atoms with E-state index in [0.29, 0.717) is 51.1 Å². The summed E-state index contributed by atoms with van der Waals surface area (Å²) in [5.74, 6) is -1.72. The Bertz CT molecular complexity index is 1940. The summed E-state index contributed by atoms with van der Waals surface area (Å²) in [7, 11) is 4.67. The standard InChI is InChI=1S/3C14H16N2O3.Ir/c3*1-9-8-15-14(13(17)18,10(2)16-9)11-4-6-12(19-3)7-5-11;/h3*4-8,15H,1-3H3,(H,17,18);/q;;;+3/p-3. The van der Waals surface area contributed by atoms with Gasteiger partial charge < -0.3 is 59.9 Å². The zero-order valence-corrected chi connectivity index (χ0v) is 35.9. The molecular weight excluding hydrogens is 925 g/mol. The van der Waals surface area contributed by atoms with E-state index in [1.165, 1.54) is 0 Å². The summed E-state index contributed by atoms with van der Waals surface area (Å²) < 4.78 is 15.2. The Morgan fingerprint density at radius 2 is 0.655 bits per heavy atom. The quantitative estimate of drug-likeness (QED) is 0.279. The van der Waals surface area contributed by atoms with Gasteiger partial charge in [-0.3, -0.25) is 15.0 Å². The van der Waals surface area contributed by atoms with Gasteiger partial charge in [0.05, 0.1) is 73.5 Å². The number of hydrogen-bond acceptors (Lipinski definition) is 15. The van der Waals surface area contributed by atoms with Crippen LogP contribution in [0.15, 0.2) is 123 Å². The van der Waals surface area contributed by atoms with Crippen LogP contribution in [0.5, 0.6) is 17.2 Å². The second kappa shape index (κ2) is 19.3. The molecule has 15 nitrogen and oxygen atoms in total. The maximum Gasteiger partial charge on any atom is 3.00 e. The molecule has 3 aromatic carbocycles. The molecule has 0 radical (unpaired) electrons. The molecule has 0 spiro atoms. The van der Waals surface area contributed by atoms with Crippen molar-refractivity contribution in [1.29, 1.82) is 0 Å². The monoisotopic (exact) mass is 970 g/mol. The van der Waals surface area contributed by atoms with Crippen molar-refractivity contribution in [1.82, 2.24) is 16.0 Å². The van der Waals surface area contributed by atoms with Crippen LogP contribution in [0.3, 0.4) is 0 Å². The Balaban J connectivity index is 0.000000231. The number of benzene rings is 3. The average Bonchev–Trinajstić information content (AvgIpc) is 3.19. The molecule has 6 rings (SSSR count). The van der Waals surface area contributed by atoms with E-state index in [1.54, 1.807) is 154 Å². The van der Waals surface area contributed by atoms with E-state index in [0.717, 1.165) is 17.1 Å². The minimum atomic E-state index is -1.42. The number of carbonyl (C=O) groups excluding carboxylic acids is 3. The number of methoxy groups -OCH3 is 3. The summed E-state index contributed by atoms with van der Waals surface area (Å²) in [6, 6.07) is 20.4. The second-order valence-electron chi connectivity index (χ2n) is 13.2. The van der Waals surface area contributed by atoms with Crippen LogP contribution in [0.1, 0.15) is 58.2 Å². The molecule has 3 atom stereocenters. The van der Waals surface area contributed by atoms with Gasteiger partial charge in [0.1, 0.15) is 33.9 Å². The van der Waals surface area contributed by atoms with E-state index < -0.39 is 34.5 Å². The summed E-state index contributed by atoms with van der Waals surface area (Å²) in [4.78, 5) is 47.6. The van der Waals surface area contributed by atoms with E-state index in [2.05, 4.69) is 30.9 Å². The smallest absolute Gasteiger partial charge is 0.547 e. The van der Waals surface area contributed by atoms with Crippen LogP contribution in [-0.4, -0.2) is 56.4 Å². The van der Waals surface area contributed by atoms with Gasteiger partial charge in [-0.15, -0.1) is 0 Å². The second-order valence-corrected chi connectivity index (χ2v) is 13.2. The van der Waals surface area contributed by atoms with E-state index in [9.17, 15) is 29.7 Å². The number of allylic oxidation sites excluding steroid dienone is 3. The average molecular weight is 970 g/mol. The van der Waals surface area contributed by atoms with Gasteiger partial charge in [0.2, 0.25) is 0 Å². The normalized spacial score (nSPS) is 21.7. The zero-order chi connectivity index (χ0) is 42.1. The summed E-state index contributed by atoms with van der Waals surface area (Å²) in [5, 5.41) is 43.6. The van der Waals surface area contributed by atoms with E-state index in [-0.39, 0.29) is 20.1 Å². The van der Waals surface area contributed by atoms with Crippen LogP contribution in [0, 0.1) is 0 Å². The first-order valence-corrected chi connectivity index (χ1v) is 17.6. The van der Waals surface area contributed by atoms with Gasteiger partial charge in [-0.2, -0.15) is 0 Å². The summed E-state index contributed by atoms with van der Waals surface area (Å²) in [6.45, 7) is 10.4. The third-order valence-electron chi connectivity index (χ3n) is 9.64. The molecule has 0 fully saturated rings. The fraction of sp³-hybridized carbons (Fsp3) is 0.286. The number of aliphatic imine (C=N–C) groups is 3. The first-order chi connectivity index (χ1) is 27.0. The molecule has 0 amide bonds. The van der Waals surface area contributed by atoms with Crippen molar-refractivity contribution in [2.24, 2.45) is 15.0 Å². The van der Waals surface area contributed by atoms with Gasteiger partial charge in [-0.25, -0.2) is 0 Å². The maximum absolute atomic E-state index is 11.6. The summed E-state index contributed by atoms with van der Waals surface area (Å²) >= 11 is 0. The molecule has 3 aromatic rings. The number of hydrogen-bond donors (Lipinski definition) is 3. The van der Waals surface area contributed by atoms with Gasteiger partial charge >= 0.3 is 20.1 Å². The first kappa shape index (κ1) is 46.1. The van der Waals surface area contributed by atoms with Crippen LogP contribution < -0.4 is 45.5 Å². The van der Waals surface area contributed by atoms with Gasteiger partial charge in [0.15, 0.2) is 0 Å². The van der Waals surface area contributed by atoms with Gasteiger partial charge in [-0.1, -0.05) is 36.4 Å². The topological polar surface area (TPSA) is 221 Å². The molecule has 3 aliphatic rings. The third kappa shape index (κ3) is 9.14. The van der Waals surface area contributed by atoms with E-state index >= 15 is 0 Å². The Hall–Kier alpha value is -6.25. The van der Waals surface area contributed by atoms with E-state index in [4.69, 9.17) is 14.2 Å². The Morgan fingerprint density at radius 3 is 0.810 bits per heavy atom. The van der Waals surface area contributed by atoms with Crippen molar-refractivity contribution in [3.8, 4) is 17.2 Å². The zero-order valence-electron chi connectivity index (χ0n) is 33.5. The largest absolute Gasteiger partial charge is 3.00 e. The number of carbonyl (C=O) groups is 3. The fourth-order valence-corrected chi connectivity index (χ4v) is 6.47. The number of aliphatic carboxylic acids is 3. The summed E-state index contributed by atoms with van der Waals surface area (Å²) in [5.41, 5.74) is 0.889. The minimum Gasteiger partial charge on any atom is -0.547 e. The van der Waals surface area contributed by atoms with Crippen molar-refractivity contribution in [2.75, 3.05) is 21.3 Å². The van der Waals surface area contributed by atoms with Gasteiger partial charge in [-0.05, 0) is 94.6 Å². The van der Waals surface area contributed by atoms with E-state index in [1.807, 2.05) is 0 Å². The number of nitrogens with zero attached hydrogens (tertiary/aromatic N) is 3. The van der Waals surface area contributed by atoms with Crippen molar-refractivity contribution >= 4 is 35.0 Å². The molecule has 3 N–H and O–H groups in total. The van der Waals surface area contributed by atoms with Crippen LogP contribution in [0.25, 0.3) is 0 Å². The Morgan fingerprint density at radius 1 is 0.448 bits per heavy atom. The molecule has 58 heavy (non-hydrogen) atoms. The molecule has 0 saturated heterocycles. The Kier molecular flexibility index (Phi) is 15.3. The number of rotatable bonds is 9. The number of ether oxygens (including phenoxy) is 3. The van der Waals surface area contributed by atoms with Crippen LogP contribution >= 0.6 is 0 Å². The predicted octanol–water partition coefficient (Wildman–Crippen LogP) is 1.69. The fourth-order valence-electron chi connectivity index (χ4n) is 6.47. The molecule has 0 aromatic heterocycles. The molecule has 3 aliphatic heterocycles. The minimum absolute atomic E-state index is 0. The summed E-state index contributed by atoms with van der Waals surface area (Å²) in [6.07, 6.45) is 4.73. The predicted molar refractivity (Wildman–Crippen MR) is 209 cm³/mol. The molecule has 16 heteroatoms. The molecule has 306 valence electrons. The first-order valence-electron chi connectivity index (χ1n) is 17.6. The molecule has 0 saturated carbocycles. The molecule has 0 bridgehead atoms. The van der Waals surface area contributed by atoms with Crippen molar-refractivity contribution in [3.63, 3.8) is 0 Å². The van der Waals surface area contributed by atoms with Crippen molar-refractivity contribution in [3.05, 3.63) is 125 Å². The van der Waals surface area contributed by atoms with Crippen LogP contribution in [-0.2, 0) is 51.1 Å². The molecule has 3 unspecified atom stereocenters. The molecular formula is C42H45IrN6O9. The van der Waals surface area contributed by atoms with Crippen molar-refractivity contribution in [2.45, 2.75) is 58.2 Å². The Labute approximate surface area is 350 Å². The van der Waals surface area contributed by atoms with Crippen molar-refractivity contribution < 1.29 is 64.0 Å². The number of carboxylic acid groups (broad SMARTS) is 3. The van der Waals surface area contributed by atoms with Crippen LogP contribution in [0.4, 0.5) is 0 Å². The maximum atomic E-state index is 11.6. The molecule has 3 heterocycles.